The SMILES string of the molecule is O=Cc1cc(F)ccc1C1=CCN(c2ncn(CC3=CC4CC4(C(F)(F)F)S3)c(=O)n2)CC1. The summed E-state index contributed by atoms with van der Waals surface area (Å²) >= 11 is 0.786. The highest BCUT2D eigenvalue weighted by Gasteiger charge is 2.73. The zero-order chi connectivity index (χ0) is 23.4. The van der Waals surface area contributed by atoms with Crippen LogP contribution >= 0.6 is 11.8 Å². The Balaban J connectivity index is 1.27. The average Bonchev–Trinajstić information content (AvgIpc) is 3.37. The van der Waals surface area contributed by atoms with Gasteiger partial charge < -0.3 is 4.90 Å². The van der Waals surface area contributed by atoms with Crippen LogP contribution in [0.5, 0.6) is 0 Å². The fourth-order valence-electron chi connectivity index (χ4n) is 4.34. The van der Waals surface area contributed by atoms with Crippen molar-refractivity contribution in [3.05, 3.63) is 69.0 Å². The van der Waals surface area contributed by atoms with E-state index in [0.29, 0.717) is 36.3 Å². The monoisotopic (exact) mass is 478 g/mol. The summed E-state index contributed by atoms with van der Waals surface area (Å²) < 4.78 is 52.6. The second-order valence-corrected chi connectivity index (χ2v) is 9.73. The zero-order valence-electron chi connectivity index (χ0n) is 17.2. The van der Waals surface area contributed by atoms with Gasteiger partial charge in [0.1, 0.15) is 16.9 Å². The molecule has 5 rings (SSSR count). The van der Waals surface area contributed by atoms with Gasteiger partial charge in [-0.1, -0.05) is 18.2 Å². The van der Waals surface area contributed by atoms with Crippen molar-refractivity contribution in [2.24, 2.45) is 5.92 Å². The van der Waals surface area contributed by atoms with Crippen molar-refractivity contribution in [2.45, 2.75) is 30.3 Å². The number of aldehydes is 1. The summed E-state index contributed by atoms with van der Waals surface area (Å²) in [6.45, 7) is 0.897. The molecule has 6 nitrogen and oxygen atoms in total. The van der Waals surface area contributed by atoms with Crippen molar-refractivity contribution < 1.29 is 22.4 Å². The van der Waals surface area contributed by atoms with Gasteiger partial charge in [-0.25, -0.2) is 14.2 Å². The lowest BCUT2D eigenvalue weighted by atomic mass is 9.95. The number of halogens is 4. The second kappa shape index (κ2) is 7.82. The molecule has 0 N–H and O–H groups in total. The maximum atomic E-state index is 13.4. The Kier molecular flexibility index (Phi) is 5.19. The van der Waals surface area contributed by atoms with Crippen LogP contribution in [0.1, 0.15) is 28.8 Å². The third-order valence-electron chi connectivity index (χ3n) is 6.20. The maximum Gasteiger partial charge on any atom is 0.404 e. The van der Waals surface area contributed by atoms with Crippen molar-refractivity contribution in [2.75, 3.05) is 18.0 Å². The van der Waals surface area contributed by atoms with Crippen LogP contribution in [0.4, 0.5) is 23.5 Å². The highest BCUT2D eigenvalue weighted by molar-refractivity contribution is 8.05. The molecule has 1 fully saturated rings. The van der Waals surface area contributed by atoms with Crippen LogP contribution in [0.15, 0.2) is 46.4 Å². The van der Waals surface area contributed by atoms with E-state index in [-0.39, 0.29) is 24.5 Å². The van der Waals surface area contributed by atoms with E-state index >= 15 is 0 Å². The summed E-state index contributed by atoms with van der Waals surface area (Å²) in [6.07, 6.45) is 1.76. The molecule has 11 heteroatoms. The van der Waals surface area contributed by atoms with Crippen LogP contribution in [0.25, 0.3) is 5.57 Å². The summed E-state index contributed by atoms with van der Waals surface area (Å²) in [4.78, 5) is 34.3. The number of rotatable bonds is 5. The number of allylic oxidation sites excluding steroid dienone is 2. The molecule has 3 aliphatic rings. The van der Waals surface area contributed by atoms with Crippen molar-refractivity contribution in [3.63, 3.8) is 0 Å². The van der Waals surface area contributed by atoms with Crippen molar-refractivity contribution in [1.29, 1.82) is 0 Å². The van der Waals surface area contributed by atoms with Crippen LogP contribution in [0, 0.1) is 11.7 Å². The van der Waals surface area contributed by atoms with Gasteiger partial charge >= 0.3 is 11.9 Å². The highest BCUT2D eigenvalue weighted by atomic mass is 32.2. The number of hydrogen-bond acceptors (Lipinski definition) is 6. The van der Waals surface area contributed by atoms with E-state index in [1.165, 1.54) is 23.0 Å². The quantitative estimate of drug-likeness (QED) is 0.481. The molecule has 2 aromatic rings. The van der Waals surface area contributed by atoms with Gasteiger partial charge in [0.15, 0.2) is 6.29 Å². The summed E-state index contributed by atoms with van der Waals surface area (Å²) in [7, 11) is 0. The Morgan fingerprint density at radius 2 is 2.12 bits per heavy atom. The van der Waals surface area contributed by atoms with Crippen molar-refractivity contribution in [1.82, 2.24) is 14.5 Å². The number of alkyl halides is 3. The van der Waals surface area contributed by atoms with E-state index in [1.54, 1.807) is 17.0 Å². The fourth-order valence-corrected chi connectivity index (χ4v) is 5.84. The number of benzene rings is 1. The first-order valence-corrected chi connectivity index (χ1v) is 11.1. The molecule has 0 bridgehead atoms. The number of fused-ring (bicyclic) bond motifs is 1. The molecule has 1 aromatic carbocycles. The Morgan fingerprint density at radius 3 is 2.76 bits per heavy atom. The Morgan fingerprint density at radius 1 is 1.30 bits per heavy atom. The number of carbonyl (C=O) groups excluding carboxylic acids is 1. The lowest BCUT2D eigenvalue weighted by molar-refractivity contribution is -0.137. The molecule has 1 saturated carbocycles. The summed E-state index contributed by atoms with van der Waals surface area (Å²) in [5.74, 6) is -0.780. The summed E-state index contributed by atoms with van der Waals surface area (Å²) in [5, 5.41) is 0. The Bertz CT molecular complexity index is 1260. The molecule has 2 atom stereocenters. The third-order valence-corrected chi connectivity index (χ3v) is 7.79. The standard InChI is InChI=1S/C22H18F4N4O2S/c23-16-1-2-18(14(7-16)11-31)13-3-5-29(6-4-13)19-27-12-30(20(32)28-19)10-17-8-15-9-21(15,33-17)22(24,25)26/h1-3,7-8,11-12,15H,4-6,9-10H2. The van der Waals surface area contributed by atoms with E-state index in [2.05, 4.69) is 9.97 Å². The van der Waals surface area contributed by atoms with Gasteiger partial charge in [-0.15, -0.1) is 11.8 Å². The van der Waals surface area contributed by atoms with E-state index in [0.717, 1.165) is 17.3 Å². The van der Waals surface area contributed by atoms with E-state index in [1.807, 2.05) is 6.08 Å². The predicted octanol–water partition coefficient (Wildman–Crippen LogP) is 3.84. The van der Waals surface area contributed by atoms with Crippen LogP contribution in [0.3, 0.4) is 0 Å². The summed E-state index contributed by atoms with van der Waals surface area (Å²) in [5.41, 5.74) is 1.25. The highest BCUT2D eigenvalue weighted by Crippen LogP contribution is 2.69. The minimum absolute atomic E-state index is 0.0151. The molecule has 0 saturated heterocycles. The third kappa shape index (κ3) is 3.88. The van der Waals surface area contributed by atoms with Gasteiger partial charge in [0, 0.05) is 29.5 Å². The number of carbonyl (C=O) groups is 1. The molecule has 3 heterocycles. The maximum absolute atomic E-state index is 13.4. The predicted molar refractivity (Wildman–Crippen MR) is 115 cm³/mol. The number of nitrogens with zero attached hydrogens (tertiary/aromatic N) is 4. The first-order chi connectivity index (χ1) is 15.7. The smallest absolute Gasteiger partial charge is 0.337 e. The topological polar surface area (TPSA) is 68.1 Å². The van der Waals surface area contributed by atoms with Gasteiger partial charge in [0.05, 0.1) is 6.54 Å². The minimum Gasteiger partial charge on any atom is -0.337 e. The van der Waals surface area contributed by atoms with Gasteiger partial charge in [0.2, 0.25) is 5.95 Å². The fraction of sp³-hybridized carbons (Fsp3) is 0.364. The van der Waals surface area contributed by atoms with Crippen molar-refractivity contribution in [3.8, 4) is 0 Å². The Labute approximate surface area is 190 Å². The number of anilines is 1. The number of thioether (sulfide) groups is 1. The molecule has 2 unspecified atom stereocenters. The Hall–Kier alpha value is -2.95. The molecule has 2 aliphatic heterocycles. The summed E-state index contributed by atoms with van der Waals surface area (Å²) in [6, 6.07) is 4.06. The first-order valence-electron chi connectivity index (χ1n) is 10.3. The van der Waals surface area contributed by atoms with Crippen LogP contribution in [-0.2, 0) is 6.54 Å². The van der Waals surface area contributed by atoms with Gasteiger partial charge in [-0.05, 0) is 36.1 Å². The molecule has 0 radical (unpaired) electrons. The second-order valence-electron chi connectivity index (χ2n) is 8.27. The number of aromatic nitrogens is 3. The zero-order valence-corrected chi connectivity index (χ0v) is 18.0. The van der Waals surface area contributed by atoms with Crippen LogP contribution in [0.2, 0.25) is 0 Å². The molecule has 0 amide bonds. The largest absolute Gasteiger partial charge is 0.404 e. The van der Waals surface area contributed by atoms with Gasteiger partial charge in [-0.3, -0.25) is 9.36 Å². The lowest BCUT2D eigenvalue weighted by Crippen LogP contribution is -2.34. The molecule has 1 aromatic heterocycles. The normalized spacial score (nSPS) is 24.2. The van der Waals surface area contributed by atoms with E-state index in [4.69, 9.17) is 0 Å². The molecular formula is C22H18F4N4O2S. The molecule has 1 aliphatic carbocycles. The van der Waals surface area contributed by atoms with Crippen LogP contribution in [-0.4, -0.2) is 44.8 Å². The van der Waals surface area contributed by atoms with Gasteiger partial charge in [-0.2, -0.15) is 18.2 Å². The van der Waals surface area contributed by atoms with E-state index < -0.39 is 28.3 Å². The lowest BCUT2D eigenvalue weighted by Gasteiger charge is -2.27. The number of hydrogen-bond donors (Lipinski definition) is 0. The molecule has 172 valence electrons. The van der Waals surface area contributed by atoms with E-state index in [9.17, 15) is 27.2 Å². The van der Waals surface area contributed by atoms with Crippen LogP contribution < -0.4 is 10.6 Å². The van der Waals surface area contributed by atoms with Crippen molar-refractivity contribution >= 4 is 29.6 Å². The van der Waals surface area contributed by atoms with Gasteiger partial charge in [0.25, 0.3) is 0 Å². The molecule has 0 spiro atoms. The minimum atomic E-state index is -4.27. The molecular weight excluding hydrogens is 460 g/mol. The average molecular weight is 478 g/mol. The first kappa shape index (κ1) is 21.9. The molecule has 33 heavy (non-hydrogen) atoms.